The van der Waals surface area contributed by atoms with Crippen molar-refractivity contribution in [3.8, 4) is 45.8 Å². The van der Waals surface area contributed by atoms with Gasteiger partial charge >= 0.3 is 0 Å². The Kier molecular flexibility index (Phi) is 13.4. The van der Waals surface area contributed by atoms with Gasteiger partial charge in [-0.3, -0.25) is 9.59 Å². The van der Waals surface area contributed by atoms with Crippen molar-refractivity contribution < 1.29 is 27.8 Å². The molecule has 1 saturated heterocycles. The molecule has 3 saturated carbocycles. The van der Waals surface area contributed by atoms with Crippen molar-refractivity contribution >= 4 is 34.2 Å². The third-order valence-corrected chi connectivity index (χ3v) is 14.4. The maximum absolute atomic E-state index is 13.8. The first-order chi connectivity index (χ1) is 35.5. The van der Waals surface area contributed by atoms with E-state index >= 15 is 0 Å². The van der Waals surface area contributed by atoms with Gasteiger partial charge in [0.25, 0.3) is 0 Å². The summed E-state index contributed by atoms with van der Waals surface area (Å²) in [5, 5.41) is 16.4. The normalized spacial score (nSPS) is 15.8. The highest BCUT2D eigenvalue weighted by molar-refractivity contribution is 5.99. The number of ketones is 2. The number of hydrogen-bond donors (Lipinski definition) is 2. The minimum absolute atomic E-state index is 0.210. The van der Waals surface area contributed by atoms with Crippen molar-refractivity contribution in [1.29, 1.82) is 0 Å². The van der Waals surface area contributed by atoms with Crippen LogP contribution < -0.4 is 20.1 Å². The number of hydrogen-bond acceptors (Lipinski definition) is 11. The van der Waals surface area contributed by atoms with Crippen molar-refractivity contribution in [2.24, 2.45) is 23.7 Å². The second-order valence-corrected chi connectivity index (χ2v) is 20.5. The summed E-state index contributed by atoms with van der Waals surface area (Å²) < 4.78 is 42.9. The van der Waals surface area contributed by atoms with E-state index in [0.717, 1.165) is 108 Å². The minimum atomic E-state index is -0.374. The highest BCUT2D eigenvalue weighted by Gasteiger charge is 2.28. The maximum Gasteiger partial charge on any atom is 0.239 e. The quantitative estimate of drug-likeness (QED) is 0.0794. The number of imidazole rings is 2. The van der Waals surface area contributed by atoms with E-state index in [1.54, 1.807) is 45.7 Å². The zero-order valence-corrected chi connectivity index (χ0v) is 41.4. The number of Topliss-reactive ketones (excluding diaryl/α,β-unsaturated/α-hetero) is 2. The van der Waals surface area contributed by atoms with E-state index in [1.807, 2.05) is 62.4 Å². The molecule has 3 aliphatic carbocycles. The van der Waals surface area contributed by atoms with Gasteiger partial charge < -0.3 is 25.0 Å². The van der Waals surface area contributed by atoms with Crippen LogP contribution in [0.5, 0.6) is 23.3 Å². The molecule has 8 aromatic rings. The molecule has 1 aliphatic heterocycles. The van der Waals surface area contributed by atoms with Gasteiger partial charge in [0.05, 0.1) is 35.2 Å². The number of carbonyl (C=O) groups excluding carboxylic acids is 2. The number of aryl methyl sites for hydroxylation is 2. The van der Waals surface area contributed by atoms with Crippen LogP contribution in [0.2, 0.25) is 0 Å². The Morgan fingerprint density at radius 1 is 0.589 bits per heavy atom. The minimum Gasteiger partial charge on any atom is -0.437 e. The molecule has 0 spiro atoms. The Hall–Kier alpha value is -7.52. The lowest BCUT2D eigenvalue weighted by atomic mass is 9.85. The van der Waals surface area contributed by atoms with Gasteiger partial charge in [0, 0.05) is 91.5 Å². The Morgan fingerprint density at radius 2 is 1.05 bits per heavy atom. The molecule has 2 N–H and O–H groups in total. The zero-order valence-electron chi connectivity index (χ0n) is 41.4. The average Bonchev–Trinajstić information content (AvgIpc) is 4.26. The predicted molar refractivity (Wildman–Crippen MR) is 278 cm³/mol. The summed E-state index contributed by atoms with van der Waals surface area (Å²) in [6, 6.07) is 27.4. The lowest BCUT2D eigenvalue weighted by Crippen LogP contribution is -2.46. The van der Waals surface area contributed by atoms with Crippen LogP contribution in [-0.2, 0) is 0 Å². The third-order valence-electron chi connectivity index (χ3n) is 14.4. The van der Waals surface area contributed by atoms with Gasteiger partial charge in [-0.05, 0) is 125 Å². The summed E-state index contributed by atoms with van der Waals surface area (Å²) in [6.07, 6.45) is 13.2. The molecule has 4 aromatic heterocycles. The summed E-state index contributed by atoms with van der Waals surface area (Å²) in [4.78, 5) is 37.0. The number of anilines is 2. The SMILES string of the molecule is Cc1cc(-c2cnc3c(NCC4CCC4)cc(Oc4cccc(F)c4)nn23)ccc1C(=O)CC1CC1.Cc1cc(-c2cnc3c(NCC4CN(C)C4)cc(Oc4cccc(F)c4)nn23)ccc1C(=O)CC1CC1. The smallest absolute Gasteiger partial charge is 0.239 e. The number of halogens is 2. The van der Waals surface area contributed by atoms with Gasteiger partial charge in [-0.2, -0.15) is 0 Å². The third kappa shape index (κ3) is 11.1. The van der Waals surface area contributed by atoms with Crippen molar-refractivity contribution in [2.45, 2.75) is 71.6 Å². The largest absolute Gasteiger partial charge is 0.437 e. The van der Waals surface area contributed by atoms with Gasteiger partial charge in [0.1, 0.15) is 23.1 Å². The number of rotatable bonds is 18. The van der Waals surface area contributed by atoms with Crippen LogP contribution >= 0.6 is 0 Å². The first-order valence-corrected chi connectivity index (χ1v) is 25.6. The number of nitrogens with zero attached hydrogens (tertiary/aromatic N) is 7. The standard InChI is InChI=1S/C29H30FN5O2.C29H29FN4O2/c1-18-10-21(8-9-24(18)27(36)11-19-6-7-19)26-15-32-29-25(31-14-20-16-34(2)17-20)13-28(33-35(26)29)37-23-5-3-4-22(30)12-23;1-18-12-21(10-11-24(18)27(35)13-19-8-9-19)26-17-32-29-25(31-16-20-4-2-5-20)15-28(33-34(26)29)36-23-7-3-6-22(30)14-23/h3-5,8-10,12-13,15,19-20,31H,6-7,11,14,16-17H2,1-2H3;3,6-7,10-12,14-15,17,19-20,31H,2,4-5,8-9,13,16H2,1H3. The van der Waals surface area contributed by atoms with E-state index in [1.165, 1.54) is 43.5 Å². The van der Waals surface area contributed by atoms with Crippen LogP contribution in [0.1, 0.15) is 89.6 Å². The summed E-state index contributed by atoms with van der Waals surface area (Å²) in [5.74, 6) is 3.43. The van der Waals surface area contributed by atoms with E-state index in [4.69, 9.17) is 19.7 Å². The topological polar surface area (TPSA) is 140 Å². The molecular formula is C58H59F2N9O4. The fourth-order valence-electron chi connectivity index (χ4n) is 9.77. The van der Waals surface area contributed by atoms with Crippen molar-refractivity contribution in [1.82, 2.24) is 34.1 Å². The van der Waals surface area contributed by atoms with Crippen LogP contribution in [0.3, 0.4) is 0 Å². The van der Waals surface area contributed by atoms with E-state index < -0.39 is 0 Å². The fraction of sp³-hybridized carbons (Fsp3) is 0.345. The van der Waals surface area contributed by atoms with Gasteiger partial charge in [0.15, 0.2) is 22.9 Å². The molecule has 73 heavy (non-hydrogen) atoms. The summed E-state index contributed by atoms with van der Waals surface area (Å²) >= 11 is 0. The van der Waals surface area contributed by atoms with Crippen molar-refractivity contribution in [3.63, 3.8) is 0 Å². The number of likely N-dealkylation sites (tertiary alicyclic amines) is 1. The number of ether oxygens (including phenoxy) is 2. The van der Waals surface area contributed by atoms with Gasteiger partial charge in [-0.25, -0.2) is 27.8 Å². The highest BCUT2D eigenvalue weighted by Crippen LogP contribution is 2.37. The lowest BCUT2D eigenvalue weighted by molar-refractivity contribution is 0.0967. The molecule has 4 aliphatic rings. The maximum atomic E-state index is 13.8. The first kappa shape index (κ1) is 47.8. The molecule has 374 valence electrons. The van der Waals surface area contributed by atoms with Crippen molar-refractivity contribution in [3.05, 3.63) is 143 Å². The van der Waals surface area contributed by atoms with Crippen molar-refractivity contribution in [2.75, 3.05) is 43.9 Å². The van der Waals surface area contributed by atoms with E-state index in [-0.39, 0.29) is 23.2 Å². The predicted octanol–water partition coefficient (Wildman–Crippen LogP) is 12.4. The second kappa shape index (κ2) is 20.5. The summed E-state index contributed by atoms with van der Waals surface area (Å²) in [7, 11) is 2.11. The Morgan fingerprint density at radius 3 is 1.45 bits per heavy atom. The van der Waals surface area contributed by atoms with Gasteiger partial charge in [-0.1, -0.05) is 42.8 Å². The van der Waals surface area contributed by atoms with Crippen LogP contribution in [-0.4, -0.2) is 78.9 Å². The fourth-order valence-corrected chi connectivity index (χ4v) is 9.77. The van der Waals surface area contributed by atoms with E-state index in [2.05, 4.69) is 32.5 Å². The van der Waals surface area contributed by atoms with Crippen LogP contribution in [0.25, 0.3) is 33.8 Å². The molecule has 0 amide bonds. The Labute approximate surface area is 423 Å². The summed E-state index contributed by atoms with van der Waals surface area (Å²) in [5.41, 5.74) is 9.87. The summed E-state index contributed by atoms with van der Waals surface area (Å²) in [6.45, 7) is 7.71. The lowest BCUT2D eigenvalue weighted by Gasteiger charge is -2.36. The molecule has 4 aromatic carbocycles. The molecular weight excluding hydrogens is 925 g/mol. The molecule has 5 heterocycles. The Balaban J connectivity index is 0.000000157. The van der Waals surface area contributed by atoms with Gasteiger partial charge in [-0.15, -0.1) is 10.2 Å². The monoisotopic (exact) mass is 983 g/mol. The Bertz CT molecular complexity index is 3350. The molecule has 4 fully saturated rings. The van der Waals surface area contributed by atoms with Crippen LogP contribution in [0, 0.1) is 49.2 Å². The number of nitrogens with one attached hydrogen (secondary N) is 2. The number of carbonyl (C=O) groups is 2. The molecule has 0 bridgehead atoms. The molecule has 12 rings (SSSR count). The zero-order chi connectivity index (χ0) is 50.2. The highest BCUT2D eigenvalue weighted by atomic mass is 19.1. The number of fused-ring (bicyclic) bond motifs is 2. The second-order valence-electron chi connectivity index (χ2n) is 20.5. The van der Waals surface area contributed by atoms with Gasteiger partial charge in [0.2, 0.25) is 11.8 Å². The number of aromatic nitrogens is 6. The van der Waals surface area contributed by atoms with E-state index in [9.17, 15) is 18.4 Å². The average molecular weight is 984 g/mol. The van der Waals surface area contributed by atoms with E-state index in [0.29, 0.717) is 71.1 Å². The van der Waals surface area contributed by atoms with Crippen LogP contribution in [0.4, 0.5) is 20.2 Å². The molecule has 0 atom stereocenters. The molecule has 13 nitrogen and oxygen atoms in total. The molecule has 15 heteroatoms. The van der Waals surface area contributed by atoms with Crippen LogP contribution in [0.15, 0.2) is 109 Å². The number of benzene rings is 4. The molecule has 0 unspecified atom stereocenters. The first-order valence-electron chi connectivity index (χ1n) is 25.6. The molecule has 0 radical (unpaired) electrons.